The minimum atomic E-state index is -0.498. The van der Waals surface area contributed by atoms with Crippen molar-refractivity contribution < 1.29 is 19.3 Å². The van der Waals surface area contributed by atoms with E-state index in [0.717, 1.165) is 4.90 Å². The van der Waals surface area contributed by atoms with Gasteiger partial charge in [-0.1, -0.05) is 12.1 Å². The smallest absolute Gasteiger partial charge is 0.292 e. The quantitative estimate of drug-likeness (QED) is 0.458. The Morgan fingerprint density at radius 3 is 2.56 bits per heavy atom. The van der Waals surface area contributed by atoms with Gasteiger partial charge in [0.2, 0.25) is 5.91 Å². The second-order valence-electron chi connectivity index (χ2n) is 5.93. The third-order valence-electron chi connectivity index (χ3n) is 4.14. The fraction of sp³-hybridized carbons (Fsp3) is 0.167. The predicted octanol–water partition coefficient (Wildman–Crippen LogP) is 2.26. The zero-order chi connectivity index (χ0) is 19.6. The summed E-state index contributed by atoms with van der Waals surface area (Å²) in [6, 6.07) is 10.7. The Morgan fingerprint density at radius 2 is 1.81 bits per heavy atom. The average Bonchev–Trinajstić information content (AvgIpc) is 2.86. The van der Waals surface area contributed by atoms with Crippen LogP contribution in [0.25, 0.3) is 0 Å². The summed E-state index contributed by atoms with van der Waals surface area (Å²) < 4.78 is 0. The number of nitrogens with one attached hydrogen (secondary N) is 2. The van der Waals surface area contributed by atoms with E-state index in [1.807, 2.05) is 0 Å². The van der Waals surface area contributed by atoms with Crippen LogP contribution >= 0.6 is 0 Å². The van der Waals surface area contributed by atoms with Crippen LogP contribution in [0.4, 0.5) is 17.1 Å². The van der Waals surface area contributed by atoms with E-state index < -0.39 is 10.8 Å². The summed E-state index contributed by atoms with van der Waals surface area (Å²) in [5, 5.41) is 16.5. The number of benzene rings is 2. The van der Waals surface area contributed by atoms with Gasteiger partial charge in [0.15, 0.2) is 0 Å². The molecule has 2 N–H and O–H groups in total. The number of rotatable bonds is 6. The normalized spacial score (nSPS) is 12.7. The predicted molar refractivity (Wildman–Crippen MR) is 97.7 cm³/mol. The first-order valence-corrected chi connectivity index (χ1v) is 8.12. The largest absolute Gasteiger partial charge is 0.379 e. The SMILES string of the molecule is CN1C(=O)c2ccc(NC(=O)CCNc3ccccc3[N+](=O)[O-])cc2C1=O. The van der Waals surface area contributed by atoms with Crippen LogP contribution in [0.1, 0.15) is 27.1 Å². The molecule has 0 bridgehead atoms. The van der Waals surface area contributed by atoms with Crippen molar-refractivity contribution in [2.24, 2.45) is 0 Å². The van der Waals surface area contributed by atoms with Crippen LogP contribution in [0, 0.1) is 10.1 Å². The van der Waals surface area contributed by atoms with Crippen LogP contribution in [-0.4, -0.2) is 41.1 Å². The molecule has 0 spiro atoms. The van der Waals surface area contributed by atoms with Gasteiger partial charge in [0.25, 0.3) is 17.5 Å². The van der Waals surface area contributed by atoms with Crippen molar-refractivity contribution >= 4 is 34.8 Å². The molecule has 0 radical (unpaired) electrons. The molecule has 0 fully saturated rings. The van der Waals surface area contributed by atoms with E-state index in [1.54, 1.807) is 24.3 Å². The van der Waals surface area contributed by atoms with E-state index >= 15 is 0 Å². The van der Waals surface area contributed by atoms with Crippen LogP contribution in [0.2, 0.25) is 0 Å². The molecule has 138 valence electrons. The number of fused-ring (bicyclic) bond motifs is 1. The first kappa shape index (κ1) is 18.1. The van der Waals surface area contributed by atoms with Crippen LogP contribution < -0.4 is 10.6 Å². The molecule has 0 saturated carbocycles. The van der Waals surface area contributed by atoms with Gasteiger partial charge < -0.3 is 10.6 Å². The maximum Gasteiger partial charge on any atom is 0.292 e. The van der Waals surface area contributed by atoms with Gasteiger partial charge in [-0.15, -0.1) is 0 Å². The summed E-state index contributed by atoms with van der Waals surface area (Å²) in [6.45, 7) is 0.196. The summed E-state index contributed by atoms with van der Waals surface area (Å²) in [4.78, 5) is 47.4. The monoisotopic (exact) mass is 368 g/mol. The first-order chi connectivity index (χ1) is 12.9. The number of anilines is 2. The molecule has 2 aromatic rings. The van der Waals surface area contributed by atoms with Crippen LogP contribution in [0.3, 0.4) is 0 Å². The minimum Gasteiger partial charge on any atom is -0.379 e. The van der Waals surface area contributed by atoms with Gasteiger partial charge in [-0.3, -0.25) is 29.4 Å². The Balaban J connectivity index is 1.59. The van der Waals surface area contributed by atoms with E-state index in [4.69, 9.17) is 0 Å². The lowest BCUT2D eigenvalue weighted by Gasteiger charge is -2.08. The number of carbonyl (C=O) groups excluding carboxylic acids is 3. The lowest BCUT2D eigenvalue weighted by atomic mass is 10.1. The molecule has 1 aliphatic rings. The molecule has 3 rings (SSSR count). The molecule has 2 aromatic carbocycles. The second-order valence-corrected chi connectivity index (χ2v) is 5.93. The lowest BCUT2D eigenvalue weighted by molar-refractivity contribution is -0.384. The molecular weight excluding hydrogens is 352 g/mol. The van der Waals surface area contributed by atoms with Crippen molar-refractivity contribution in [1.29, 1.82) is 0 Å². The summed E-state index contributed by atoms with van der Waals surface area (Å²) in [5.74, 6) is -1.11. The van der Waals surface area contributed by atoms with E-state index in [1.165, 1.54) is 25.2 Å². The van der Waals surface area contributed by atoms with Gasteiger partial charge in [0, 0.05) is 31.8 Å². The Bertz CT molecular complexity index is 957. The van der Waals surface area contributed by atoms with Crippen molar-refractivity contribution in [3.63, 3.8) is 0 Å². The van der Waals surface area contributed by atoms with Crippen molar-refractivity contribution in [2.75, 3.05) is 24.2 Å². The first-order valence-electron chi connectivity index (χ1n) is 8.12. The number of nitro benzene ring substituents is 1. The molecule has 0 aliphatic carbocycles. The third-order valence-corrected chi connectivity index (χ3v) is 4.14. The highest BCUT2D eigenvalue weighted by atomic mass is 16.6. The molecule has 1 aliphatic heterocycles. The Hall–Kier alpha value is -3.75. The van der Waals surface area contributed by atoms with Crippen molar-refractivity contribution in [2.45, 2.75) is 6.42 Å². The number of hydrogen-bond donors (Lipinski definition) is 2. The van der Waals surface area contributed by atoms with E-state index in [-0.39, 0.29) is 36.0 Å². The highest BCUT2D eigenvalue weighted by Gasteiger charge is 2.32. The van der Waals surface area contributed by atoms with E-state index in [0.29, 0.717) is 16.9 Å². The minimum absolute atomic E-state index is 0.0654. The molecule has 1 heterocycles. The Morgan fingerprint density at radius 1 is 1.11 bits per heavy atom. The molecule has 0 unspecified atom stereocenters. The van der Waals surface area contributed by atoms with Gasteiger partial charge in [-0.2, -0.15) is 0 Å². The number of imide groups is 1. The van der Waals surface area contributed by atoms with Crippen molar-refractivity contribution in [1.82, 2.24) is 4.90 Å². The van der Waals surface area contributed by atoms with Gasteiger partial charge in [-0.05, 0) is 24.3 Å². The van der Waals surface area contributed by atoms with Crippen molar-refractivity contribution in [3.05, 3.63) is 63.7 Å². The van der Waals surface area contributed by atoms with E-state index in [9.17, 15) is 24.5 Å². The molecule has 9 heteroatoms. The Kier molecular flexibility index (Phi) is 4.84. The number of hydrogen-bond acceptors (Lipinski definition) is 6. The van der Waals surface area contributed by atoms with Crippen LogP contribution in [0.5, 0.6) is 0 Å². The second kappa shape index (κ2) is 7.24. The van der Waals surface area contributed by atoms with Crippen molar-refractivity contribution in [3.8, 4) is 0 Å². The van der Waals surface area contributed by atoms with Gasteiger partial charge >= 0.3 is 0 Å². The molecule has 9 nitrogen and oxygen atoms in total. The number of para-hydroxylation sites is 2. The summed E-state index contributed by atoms with van der Waals surface area (Å²) >= 11 is 0. The molecular formula is C18H16N4O5. The van der Waals surface area contributed by atoms with Gasteiger partial charge in [0.1, 0.15) is 5.69 Å². The zero-order valence-electron chi connectivity index (χ0n) is 14.4. The number of carbonyl (C=O) groups is 3. The standard InChI is InChI=1S/C18H16N4O5/c1-21-17(24)12-7-6-11(10-13(12)18(21)25)20-16(23)8-9-19-14-4-2-3-5-15(14)22(26)27/h2-7,10,19H,8-9H2,1H3,(H,20,23). The zero-order valence-corrected chi connectivity index (χ0v) is 14.4. The number of nitrogens with zero attached hydrogens (tertiary/aromatic N) is 2. The highest BCUT2D eigenvalue weighted by molar-refractivity contribution is 6.21. The fourth-order valence-corrected chi connectivity index (χ4v) is 2.76. The lowest BCUT2D eigenvalue weighted by Crippen LogP contribution is -2.24. The van der Waals surface area contributed by atoms with Gasteiger partial charge in [0.05, 0.1) is 16.1 Å². The molecule has 0 aromatic heterocycles. The van der Waals surface area contributed by atoms with Gasteiger partial charge in [-0.25, -0.2) is 0 Å². The third kappa shape index (κ3) is 3.61. The topological polar surface area (TPSA) is 122 Å². The summed E-state index contributed by atoms with van der Waals surface area (Å²) in [5.41, 5.74) is 1.22. The maximum atomic E-state index is 12.1. The highest BCUT2D eigenvalue weighted by Crippen LogP contribution is 2.25. The molecule has 27 heavy (non-hydrogen) atoms. The Labute approximate surface area is 154 Å². The number of amides is 3. The average molecular weight is 368 g/mol. The molecule has 0 saturated heterocycles. The van der Waals surface area contributed by atoms with Crippen LogP contribution in [0.15, 0.2) is 42.5 Å². The fourth-order valence-electron chi connectivity index (χ4n) is 2.76. The summed E-state index contributed by atoms with van der Waals surface area (Å²) in [7, 11) is 1.40. The van der Waals surface area contributed by atoms with Crippen LogP contribution in [-0.2, 0) is 4.79 Å². The molecule has 3 amide bonds. The maximum absolute atomic E-state index is 12.1. The summed E-state index contributed by atoms with van der Waals surface area (Å²) in [6.07, 6.45) is 0.0654. The van der Waals surface area contributed by atoms with E-state index in [2.05, 4.69) is 10.6 Å². The number of nitro groups is 1. The molecule has 0 atom stereocenters.